The second-order valence-corrected chi connectivity index (χ2v) is 6.56. The standard InChI is InChI=1S/C12H19BrN2O2S.ClH/c1-3-15(4-2)9-8-14-18(16,17)12-7-5-6-11(13)10-12;/h5-7,10,14H,3-4,8-9H2,1-2H3;1H. The number of nitrogens with one attached hydrogen (secondary N) is 1. The second kappa shape index (κ2) is 8.92. The third kappa shape index (κ3) is 6.23. The molecule has 0 aliphatic rings. The van der Waals surface area contributed by atoms with Gasteiger partial charge in [0.1, 0.15) is 0 Å². The molecule has 0 saturated carbocycles. The van der Waals surface area contributed by atoms with E-state index in [1.165, 1.54) is 0 Å². The Balaban J connectivity index is 0.00000324. The normalized spacial score (nSPS) is 11.4. The highest BCUT2D eigenvalue weighted by Gasteiger charge is 2.13. The maximum atomic E-state index is 12.0. The Labute approximate surface area is 130 Å². The van der Waals surface area contributed by atoms with Crippen LogP contribution in [0.2, 0.25) is 0 Å². The molecule has 1 rings (SSSR count). The predicted octanol–water partition coefficient (Wildman–Crippen LogP) is 2.49. The maximum Gasteiger partial charge on any atom is 0.240 e. The van der Waals surface area contributed by atoms with E-state index in [-0.39, 0.29) is 17.3 Å². The number of benzene rings is 1. The summed E-state index contributed by atoms with van der Waals surface area (Å²) < 4.78 is 27.4. The highest BCUT2D eigenvalue weighted by Crippen LogP contribution is 2.15. The third-order valence-corrected chi connectivity index (χ3v) is 4.67. The molecule has 0 atom stereocenters. The first-order chi connectivity index (χ1) is 8.49. The lowest BCUT2D eigenvalue weighted by Gasteiger charge is -2.18. The van der Waals surface area contributed by atoms with Crippen LogP contribution >= 0.6 is 28.3 Å². The van der Waals surface area contributed by atoms with Crippen LogP contribution in [0, 0.1) is 0 Å². The fourth-order valence-electron chi connectivity index (χ4n) is 1.60. The average Bonchev–Trinajstić information content (AvgIpc) is 2.34. The summed E-state index contributed by atoms with van der Waals surface area (Å²) >= 11 is 3.27. The molecular weight excluding hydrogens is 352 g/mol. The lowest BCUT2D eigenvalue weighted by atomic mass is 10.4. The lowest BCUT2D eigenvalue weighted by molar-refractivity contribution is 0.309. The van der Waals surface area contributed by atoms with Crippen molar-refractivity contribution in [1.29, 1.82) is 0 Å². The molecule has 0 amide bonds. The first-order valence-corrected chi connectivity index (χ1v) is 8.24. The third-order valence-electron chi connectivity index (χ3n) is 2.72. The van der Waals surface area contributed by atoms with E-state index in [4.69, 9.17) is 0 Å². The van der Waals surface area contributed by atoms with Crippen LogP contribution in [0.3, 0.4) is 0 Å². The van der Waals surface area contributed by atoms with Gasteiger partial charge in [-0.3, -0.25) is 0 Å². The van der Waals surface area contributed by atoms with Gasteiger partial charge in [0.15, 0.2) is 0 Å². The fraction of sp³-hybridized carbons (Fsp3) is 0.500. The van der Waals surface area contributed by atoms with Gasteiger partial charge >= 0.3 is 0 Å². The number of hydrogen-bond donors (Lipinski definition) is 1. The summed E-state index contributed by atoms with van der Waals surface area (Å²) in [5, 5.41) is 0. The Morgan fingerprint density at radius 1 is 1.26 bits per heavy atom. The van der Waals surface area contributed by atoms with E-state index < -0.39 is 10.0 Å². The second-order valence-electron chi connectivity index (χ2n) is 3.88. The van der Waals surface area contributed by atoms with E-state index in [1.54, 1.807) is 24.3 Å². The van der Waals surface area contributed by atoms with Crippen molar-refractivity contribution >= 4 is 38.4 Å². The van der Waals surface area contributed by atoms with E-state index in [0.29, 0.717) is 6.54 Å². The molecule has 0 saturated heterocycles. The molecule has 0 radical (unpaired) electrons. The smallest absolute Gasteiger partial charge is 0.240 e. The zero-order valence-electron chi connectivity index (χ0n) is 11.1. The zero-order valence-corrected chi connectivity index (χ0v) is 14.3. The number of sulfonamides is 1. The molecule has 1 aromatic carbocycles. The van der Waals surface area contributed by atoms with Gasteiger partial charge < -0.3 is 4.90 Å². The number of hydrogen-bond acceptors (Lipinski definition) is 3. The van der Waals surface area contributed by atoms with Gasteiger partial charge in [-0.1, -0.05) is 35.8 Å². The van der Waals surface area contributed by atoms with Crippen LogP contribution in [-0.2, 0) is 10.0 Å². The van der Waals surface area contributed by atoms with E-state index in [9.17, 15) is 8.42 Å². The molecule has 0 spiro atoms. The van der Waals surface area contributed by atoms with Gasteiger partial charge in [-0.25, -0.2) is 13.1 Å². The number of halogens is 2. The van der Waals surface area contributed by atoms with Crippen molar-refractivity contribution in [1.82, 2.24) is 9.62 Å². The quantitative estimate of drug-likeness (QED) is 0.801. The fourth-order valence-corrected chi connectivity index (χ4v) is 3.21. The molecule has 19 heavy (non-hydrogen) atoms. The topological polar surface area (TPSA) is 49.4 Å². The highest BCUT2D eigenvalue weighted by molar-refractivity contribution is 9.10. The van der Waals surface area contributed by atoms with Crippen molar-refractivity contribution in [2.45, 2.75) is 18.7 Å². The molecule has 0 aliphatic carbocycles. The van der Waals surface area contributed by atoms with Crippen LogP contribution in [0.1, 0.15) is 13.8 Å². The molecule has 0 fully saturated rings. The maximum absolute atomic E-state index is 12.0. The Hall–Kier alpha value is -0.140. The molecule has 1 aromatic rings. The van der Waals surface area contributed by atoms with Crippen LogP contribution in [-0.4, -0.2) is 39.5 Å². The number of nitrogens with zero attached hydrogens (tertiary/aromatic N) is 1. The number of likely N-dealkylation sites (N-methyl/N-ethyl adjacent to an activating group) is 1. The summed E-state index contributed by atoms with van der Waals surface area (Å²) in [5.74, 6) is 0. The zero-order chi connectivity index (χ0) is 13.6. The summed E-state index contributed by atoms with van der Waals surface area (Å²) in [6.45, 7) is 7.12. The van der Waals surface area contributed by atoms with Crippen molar-refractivity contribution in [2.24, 2.45) is 0 Å². The van der Waals surface area contributed by atoms with Crippen LogP contribution in [0.4, 0.5) is 0 Å². The first kappa shape index (κ1) is 18.9. The monoisotopic (exact) mass is 370 g/mol. The van der Waals surface area contributed by atoms with Gasteiger partial charge in [-0.15, -0.1) is 12.4 Å². The minimum Gasteiger partial charge on any atom is -0.303 e. The van der Waals surface area contributed by atoms with E-state index in [2.05, 4.69) is 39.4 Å². The predicted molar refractivity (Wildman–Crippen MR) is 84.4 cm³/mol. The van der Waals surface area contributed by atoms with E-state index in [0.717, 1.165) is 24.1 Å². The van der Waals surface area contributed by atoms with Crippen LogP contribution in [0.15, 0.2) is 33.6 Å². The van der Waals surface area contributed by atoms with Crippen molar-refractivity contribution in [3.05, 3.63) is 28.7 Å². The molecule has 110 valence electrons. The van der Waals surface area contributed by atoms with Gasteiger partial charge in [0, 0.05) is 17.6 Å². The molecule has 1 N–H and O–H groups in total. The molecule has 0 heterocycles. The summed E-state index contributed by atoms with van der Waals surface area (Å²) in [7, 11) is -3.40. The molecule has 0 aromatic heterocycles. The summed E-state index contributed by atoms with van der Waals surface area (Å²) in [6.07, 6.45) is 0. The Kier molecular flexibility index (Phi) is 8.85. The molecule has 4 nitrogen and oxygen atoms in total. The van der Waals surface area contributed by atoms with Crippen molar-refractivity contribution in [2.75, 3.05) is 26.2 Å². The number of rotatable bonds is 7. The minimum atomic E-state index is -3.40. The van der Waals surface area contributed by atoms with Gasteiger partial charge in [-0.05, 0) is 31.3 Å². The van der Waals surface area contributed by atoms with Crippen LogP contribution in [0.5, 0.6) is 0 Å². The highest BCUT2D eigenvalue weighted by atomic mass is 79.9. The van der Waals surface area contributed by atoms with Crippen LogP contribution in [0.25, 0.3) is 0 Å². The van der Waals surface area contributed by atoms with E-state index in [1.807, 2.05) is 0 Å². The Morgan fingerprint density at radius 2 is 1.89 bits per heavy atom. The lowest BCUT2D eigenvalue weighted by Crippen LogP contribution is -2.34. The van der Waals surface area contributed by atoms with Gasteiger partial charge in [0.05, 0.1) is 4.90 Å². The van der Waals surface area contributed by atoms with Gasteiger partial charge in [0.25, 0.3) is 0 Å². The molecule has 0 aliphatic heterocycles. The summed E-state index contributed by atoms with van der Waals surface area (Å²) in [6, 6.07) is 6.70. The minimum absolute atomic E-state index is 0. The summed E-state index contributed by atoms with van der Waals surface area (Å²) in [4.78, 5) is 2.46. The van der Waals surface area contributed by atoms with Crippen molar-refractivity contribution in [3.63, 3.8) is 0 Å². The average molecular weight is 372 g/mol. The molecule has 7 heteroatoms. The van der Waals surface area contributed by atoms with Gasteiger partial charge in [-0.2, -0.15) is 0 Å². The first-order valence-electron chi connectivity index (χ1n) is 5.97. The Bertz CT molecular complexity index is 478. The summed E-state index contributed by atoms with van der Waals surface area (Å²) in [5.41, 5.74) is 0. The van der Waals surface area contributed by atoms with E-state index >= 15 is 0 Å². The molecule has 0 bridgehead atoms. The largest absolute Gasteiger partial charge is 0.303 e. The van der Waals surface area contributed by atoms with Crippen LogP contribution < -0.4 is 4.72 Å². The van der Waals surface area contributed by atoms with Crippen molar-refractivity contribution < 1.29 is 8.42 Å². The SMILES string of the molecule is CCN(CC)CCNS(=O)(=O)c1cccc(Br)c1.Cl. The molecular formula is C12H20BrClN2O2S. The Morgan fingerprint density at radius 3 is 2.42 bits per heavy atom. The molecule has 0 unspecified atom stereocenters. The van der Waals surface area contributed by atoms with Gasteiger partial charge in [0.2, 0.25) is 10.0 Å². The van der Waals surface area contributed by atoms with Crippen molar-refractivity contribution in [3.8, 4) is 0 Å².